The van der Waals surface area contributed by atoms with Crippen LogP contribution in [-0.2, 0) is 10.8 Å². The third kappa shape index (κ3) is 5.06. The number of halogens is 2. The van der Waals surface area contributed by atoms with Gasteiger partial charge in [0.15, 0.2) is 5.71 Å². The highest BCUT2D eigenvalue weighted by Gasteiger charge is 2.44. The van der Waals surface area contributed by atoms with Gasteiger partial charge in [-0.05, 0) is 60.5 Å². The first-order valence-electron chi connectivity index (χ1n) is 11.8. The van der Waals surface area contributed by atoms with Crippen LogP contribution in [-0.4, -0.2) is 29.0 Å². The molecule has 0 radical (unpaired) electrons. The average molecular weight is 542 g/mol. The number of anilines is 1. The summed E-state index contributed by atoms with van der Waals surface area (Å²) in [5, 5.41) is 3.43. The van der Waals surface area contributed by atoms with E-state index in [1.54, 1.807) is 0 Å². The van der Waals surface area contributed by atoms with Crippen LogP contribution in [0.5, 0.6) is 0 Å². The van der Waals surface area contributed by atoms with E-state index in [0.717, 1.165) is 5.02 Å². The van der Waals surface area contributed by atoms with Crippen molar-refractivity contribution in [1.29, 1.82) is 0 Å². The highest BCUT2D eigenvalue weighted by molar-refractivity contribution is 6.30. The van der Waals surface area contributed by atoms with Gasteiger partial charge in [0.25, 0.3) is 0 Å². The van der Waals surface area contributed by atoms with E-state index in [9.17, 15) is 0 Å². The summed E-state index contributed by atoms with van der Waals surface area (Å²) in [6.45, 7) is 9.20. The molecule has 0 aromatic heterocycles. The van der Waals surface area contributed by atoms with Gasteiger partial charge in [0.05, 0.1) is 20.3 Å². The van der Waals surface area contributed by atoms with Crippen LogP contribution in [0, 0.1) is 10.2 Å². The lowest BCUT2D eigenvalue weighted by molar-refractivity contribution is -1.92. The van der Waals surface area contributed by atoms with Crippen molar-refractivity contribution in [3.63, 3.8) is 0 Å². The van der Waals surface area contributed by atoms with Gasteiger partial charge in [0, 0.05) is 46.6 Å². The van der Waals surface area contributed by atoms with Gasteiger partial charge in [-0.3, -0.25) is 0 Å². The first-order chi connectivity index (χ1) is 17.1. The molecule has 0 bridgehead atoms. The van der Waals surface area contributed by atoms with E-state index in [1.165, 1.54) is 44.7 Å². The second-order valence-electron chi connectivity index (χ2n) is 10.4. The fourth-order valence-electron chi connectivity index (χ4n) is 5.73. The summed E-state index contributed by atoms with van der Waals surface area (Å²) in [6, 6.07) is 19.4. The Bertz CT molecular complexity index is 1460. The van der Waals surface area contributed by atoms with Crippen molar-refractivity contribution in [3.05, 3.63) is 94.7 Å². The van der Waals surface area contributed by atoms with Crippen LogP contribution >= 0.6 is 11.6 Å². The molecule has 0 aliphatic carbocycles. The van der Waals surface area contributed by atoms with Gasteiger partial charge in [-0.15, -0.1) is 0 Å². The van der Waals surface area contributed by atoms with Crippen LogP contribution < -0.4 is 18.9 Å². The second-order valence-corrected chi connectivity index (χ2v) is 11.6. The number of hydrogen-bond acceptors (Lipinski definition) is 5. The number of nitrogens with zero attached hydrogens (tertiary/aromatic N) is 2. The second kappa shape index (κ2) is 9.55. The molecule has 0 atom stereocenters. The monoisotopic (exact) mass is 541 g/mol. The molecular weight excluding hydrogens is 511 g/mol. The van der Waals surface area contributed by atoms with Crippen molar-refractivity contribution in [2.24, 2.45) is 0 Å². The van der Waals surface area contributed by atoms with E-state index >= 15 is 0 Å². The lowest BCUT2D eigenvalue weighted by Gasteiger charge is -2.23. The Balaban J connectivity index is 0.000000586. The first kappa shape index (κ1) is 27.3. The molecule has 0 amide bonds. The zero-order valence-corrected chi connectivity index (χ0v) is 23.3. The van der Waals surface area contributed by atoms with Crippen molar-refractivity contribution >= 4 is 39.5 Å². The molecule has 37 heavy (non-hydrogen) atoms. The molecular formula is C29H31Cl2N2O4+. The Hall–Kier alpha value is -2.71. The van der Waals surface area contributed by atoms with Crippen LogP contribution in [0.3, 0.4) is 0 Å². The van der Waals surface area contributed by atoms with Gasteiger partial charge in [0.2, 0.25) is 5.69 Å². The lowest BCUT2D eigenvalue weighted by atomic mass is 9.79. The topological polar surface area (TPSA) is 95.7 Å². The van der Waals surface area contributed by atoms with Crippen LogP contribution in [0.25, 0.3) is 10.8 Å². The SMILES string of the molecule is CN1C(=CC=CC2=[N+](C)c3ccc4ccccc4c3C2(C)C)C(C)(C)c2cc(Cl)ccc21.[O-][Cl+3]([O-])([O-])O. The Morgan fingerprint density at radius 3 is 2.30 bits per heavy atom. The normalized spacial score (nSPS) is 18.9. The van der Waals surface area contributed by atoms with Gasteiger partial charge in [0.1, 0.15) is 7.05 Å². The fourth-order valence-corrected chi connectivity index (χ4v) is 5.90. The van der Waals surface area contributed by atoms with E-state index < -0.39 is 10.2 Å². The maximum absolute atomic E-state index is 8.60. The summed E-state index contributed by atoms with van der Waals surface area (Å²) < 4.78 is 35.1. The quantitative estimate of drug-likeness (QED) is 0.502. The third-order valence-corrected chi connectivity index (χ3v) is 7.63. The predicted octanol–water partition coefficient (Wildman–Crippen LogP) is 3.24. The van der Waals surface area contributed by atoms with Crippen molar-refractivity contribution in [3.8, 4) is 0 Å². The third-order valence-electron chi connectivity index (χ3n) is 7.40. The molecule has 8 heteroatoms. The summed E-state index contributed by atoms with van der Waals surface area (Å²) in [6.07, 6.45) is 6.75. The molecule has 0 spiro atoms. The number of hydrogen-bond donors (Lipinski definition) is 1. The van der Waals surface area contributed by atoms with Crippen molar-refractivity contribution in [1.82, 2.24) is 0 Å². The summed E-state index contributed by atoms with van der Waals surface area (Å²) in [4.78, 5) is 2.28. The standard InChI is InChI=1S/C29H30ClN2.ClHO4/c1-28(2)22-18-20(30)15-17-23(22)31(5)25(28)12-9-13-26-29(3,4)27-21-11-8-7-10-19(21)14-16-24(27)32(26)6;2-1(3,4)5/h7-18H,1-6H3;(H,2,3,4,5)/q+1;. The van der Waals surface area contributed by atoms with Gasteiger partial charge < -0.3 is 4.90 Å². The zero-order valence-electron chi connectivity index (χ0n) is 21.8. The minimum Gasteiger partial charge on any atom is -0.347 e. The largest absolute Gasteiger partial charge is 0.347 e. The van der Waals surface area contributed by atoms with Crippen molar-refractivity contribution < 1.29 is 33.5 Å². The van der Waals surface area contributed by atoms with Crippen LogP contribution in [0.4, 0.5) is 11.4 Å². The summed E-state index contributed by atoms with van der Waals surface area (Å²) in [5.41, 5.74) is 7.61. The first-order valence-corrected chi connectivity index (χ1v) is 13.5. The number of fused-ring (bicyclic) bond motifs is 4. The Kier molecular flexibility index (Phi) is 7.05. The minimum atomic E-state index is -4.69. The minimum absolute atomic E-state index is 0.0759. The molecule has 2 aliphatic rings. The Morgan fingerprint density at radius 1 is 0.973 bits per heavy atom. The van der Waals surface area contributed by atoms with Gasteiger partial charge in [-0.25, -0.2) is 0 Å². The molecule has 0 fully saturated rings. The average Bonchev–Trinajstić information content (AvgIpc) is 3.11. The molecule has 3 aromatic carbocycles. The van der Waals surface area contributed by atoms with Crippen LogP contribution in [0.1, 0.15) is 38.8 Å². The summed E-state index contributed by atoms with van der Waals surface area (Å²) >= 11 is 6.31. The summed E-state index contributed by atoms with van der Waals surface area (Å²) in [7, 11) is -0.374. The smallest absolute Gasteiger partial charge is 0.210 e. The molecule has 3 aromatic rings. The van der Waals surface area contributed by atoms with Crippen molar-refractivity contribution in [2.45, 2.75) is 38.5 Å². The van der Waals surface area contributed by atoms with E-state index in [2.05, 4.69) is 118 Å². The number of rotatable bonds is 2. The van der Waals surface area contributed by atoms with Crippen molar-refractivity contribution in [2.75, 3.05) is 19.0 Å². The molecule has 0 saturated carbocycles. The highest BCUT2D eigenvalue weighted by Crippen LogP contribution is 2.48. The molecule has 0 unspecified atom stereocenters. The van der Waals surface area contributed by atoms with E-state index in [0.29, 0.717) is 0 Å². The van der Waals surface area contributed by atoms with Gasteiger partial charge in [-0.2, -0.15) is 18.6 Å². The fraction of sp³-hybridized carbons (Fsp3) is 0.276. The number of allylic oxidation sites excluding steroid dienone is 4. The molecule has 6 nitrogen and oxygen atoms in total. The van der Waals surface area contributed by atoms with Gasteiger partial charge in [-0.1, -0.05) is 55.8 Å². The van der Waals surface area contributed by atoms with E-state index in [1.807, 2.05) is 6.07 Å². The molecule has 2 heterocycles. The molecule has 194 valence electrons. The molecule has 0 saturated heterocycles. The Morgan fingerprint density at radius 2 is 1.62 bits per heavy atom. The van der Waals surface area contributed by atoms with E-state index in [4.69, 9.17) is 30.2 Å². The van der Waals surface area contributed by atoms with Gasteiger partial charge >= 0.3 is 0 Å². The zero-order chi connectivity index (χ0) is 27.3. The maximum Gasteiger partial charge on any atom is 0.210 e. The molecule has 5 rings (SSSR count). The van der Waals surface area contributed by atoms with E-state index in [-0.39, 0.29) is 10.8 Å². The Labute approximate surface area is 224 Å². The summed E-state index contributed by atoms with van der Waals surface area (Å²) in [5.74, 6) is 0. The van der Waals surface area contributed by atoms with Crippen LogP contribution in [0.15, 0.2) is 78.5 Å². The predicted molar refractivity (Wildman–Crippen MR) is 140 cm³/mol. The highest BCUT2D eigenvalue weighted by atomic mass is 35.7. The molecule has 1 N–H and O–H groups in total. The number of likely N-dealkylation sites (N-methyl/N-ethyl adjacent to an activating group) is 1. The maximum atomic E-state index is 8.60. The lowest BCUT2D eigenvalue weighted by Crippen LogP contribution is -2.58. The number of benzene rings is 3. The van der Waals surface area contributed by atoms with Crippen LogP contribution in [0.2, 0.25) is 5.02 Å². The molecule has 2 aliphatic heterocycles.